The van der Waals surface area contributed by atoms with E-state index in [-0.39, 0.29) is 0 Å². The van der Waals surface area contributed by atoms with Gasteiger partial charge >= 0.3 is 0 Å². The minimum Gasteiger partial charge on any atom is -0.276 e. The maximum atomic E-state index is 4.72. The predicted octanol–water partition coefficient (Wildman–Crippen LogP) is 1.36. The Morgan fingerprint density at radius 3 is 3.14 bits per heavy atom. The predicted molar refractivity (Wildman–Crippen MR) is 57.3 cm³/mol. The first-order chi connectivity index (χ1) is 6.93. The van der Waals surface area contributed by atoms with Gasteiger partial charge in [-0.15, -0.1) is 0 Å². The number of nitrogens with zero attached hydrogens (tertiary/aromatic N) is 1. The molecule has 1 atom stereocenters. The lowest BCUT2D eigenvalue weighted by Crippen LogP contribution is -2.32. The van der Waals surface area contributed by atoms with Crippen molar-refractivity contribution in [2.45, 2.75) is 12.5 Å². The Balaban J connectivity index is 2.29. The van der Waals surface area contributed by atoms with Gasteiger partial charge in [-0.25, -0.2) is 0 Å². The normalized spacial score (nSPS) is 22.6. The standard InChI is InChI=1S/C13H11N/c1-3-7-12-10(5-1)9-11-6-2-4-8-13(11)14-12/h1-7,9,13H,8H2. The van der Waals surface area contributed by atoms with Crippen molar-refractivity contribution in [3.05, 3.63) is 58.6 Å². The highest BCUT2D eigenvalue weighted by molar-refractivity contribution is 5.54. The Bertz CT molecular complexity index is 535. The molecule has 1 aromatic carbocycles. The van der Waals surface area contributed by atoms with Crippen LogP contribution >= 0.6 is 0 Å². The maximum Gasteiger partial charge on any atom is 0.0791 e. The van der Waals surface area contributed by atoms with Crippen LogP contribution in [0.3, 0.4) is 0 Å². The highest BCUT2D eigenvalue weighted by Crippen LogP contribution is 2.18. The van der Waals surface area contributed by atoms with E-state index in [0.29, 0.717) is 6.04 Å². The number of para-hydroxylation sites is 1. The number of allylic oxidation sites excluding steroid dienone is 2. The van der Waals surface area contributed by atoms with E-state index in [9.17, 15) is 0 Å². The van der Waals surface area contributed by atoms with E-state index in [1.54, 1.807) is 0 Å². The van der Waals surface area contributed by atoms with Crippen molar-refractivity contribution in [2.75, 3.05) is 0 Å². The smallest absolute Gasteiger partial charge is 0.0791 e. The second-order valence-electron chi connectivity index (χ2n) is 3.68. The molecule has 0 saturated carbocycles. The second kappa shape index (κ2) is 2.95. The molecule has 1 aromatic rings. The number of rotatable bonds is 0. The Labute approximate surface area is 82.8 Å². The number of hydrogen-bond acceptors (Lipinski definition) is 1. The molecule has 0 bridgehead atoms. The minimum atomic E-state index is 0.356. The van der Waals surface area contributed by atoms with Gasteiger partial charge in [-0.05, 0) is 24.1 Å². The zero-order valence-electron chi connectivity index (χ0n) is 7.85. The molecule has 68 valence electrons. The van der Waals surface area contributed by atoms with E-state index in [0.717, 1.165) is 11.8 Å². The highest BCUT2D eigenvalue weighted by atomic mass is 14.8. The fourth-order valence-corrected chi connectivity index (χ4v) is 1.98. The van der Waals surface area contributed by atoms with Crippen LogP contribution < -0.4 is 10.6 Å². The van der Waals surface area contributed by atoms with Gasteiger partial charge < -0.3 is 0 Å². The monoisotopic (exact) mass is 181 g/mol. The van der Waals surface area contributed by atoms with Crippen LogP contribution in [0.4, 0.5) is 0 Å². The van der Waals surface area contributed by atoms with Crippen LogP contribution in [-0.4, -0.2) is 6.04 Å². The summed E-state index contributed by atoms with van der Waals surface area (Å²) in [6.07, 6.45) is 9.74. The lowest BCUT2D eigenvalue weighted by atomic mass is 9.96. The van der Waals surface area contributed by atoms with Crippen molar-refractivity contribution >= 4 is 6.08 Å². The fourth-order valence-electron chi connectivity index (χ4n) is 1.98. The summed E-state index contributed by atoms with van der Waals surface area (Å²) in [6, 6.07) is 8.67. The molecule has 1 aliphatic heterocycles. The zero-order chi connectivity index (χ0) is 9.38. The minimum absolute atomic E-state index is 0.356. The zero-order valence-corrected chi connectivity index (χ0v) is 7.85. The molecule has 1 aliphatic carbocycles. The molecule has 0 radical (unpaired) electrons. The highest BCUT2D eigenvalue weighted by Gasteiger charge is 2.14. The van der Waals surface area contributed by atoms with Crippen LogP contribution in [0.25, 0.3) is 6.08 Å². The van der Waals surface area contributed by atoms with E-state index in [2.05, 4.69) is 42.5 Å². The molecule has 0 aromatic heterocycles. The average molecular weight is 181 g/mol. The van der Waals surface area contributed by atoms with Gasteiger partial charge in [-0.3, -0.25) is 4.99 Å². The number of benzene rings is 1. The summed E-state index contributed by atoms with van der Waals surface area (Å²) in [5.74, 6) is 0. The van der Waals surface area contributed by atoms with Gasteiger partial charge in [0.25, 0.3) is 0 Å². The molecule has 1 unspecified atom stereocenters. The third kappa shape index (κ3) is 1.13. The molecule has 3 rings (SSSR count). The first-order valence-electron chi connectivity index (χ1n) is 4.95. The van der Waals surface area contributed by atoms with Crippen LogP contribution in [-0.2, 0) is 0 Å². The molecular formula is C13H11N. The summed E-state index contributed by atoms with van der Waals surface area (Å²) in [6.45, 7) is 0. The van der Waals surface area contributed by atoms with Gasteiger partial charge in [0.2, 0.25) is 0 Å². The summed E-state index contributed by atoms with van der Waals surface area (Å²) in [5.41, 5.74) is 1.34. The van der Waals surface area contributed by atoms with Gasteiger partial charge in [0, 0.05) is 5.22 Å². The molecule has 14 heavy (non-hydrogen) atoms. The fraction of sp³-hybridized carbons (Fsp3) is 0.154. The second-order valence-corrected chi connectivity index (χ2v) is 3.68. The first-order valence-corrected chi connectivity index (χ1v) is 4.95. The van der Waals surface area contributed by atoms with Crippen molar-refractivity contribution in [3.63, 3.8) is 0 Å². The average Bonchev–Trinajstić information content (AvgIpc) is 2.26. The molecule has 0 saturated heterocycles. The van der Waals surface area contributed by atoms with Crippen LogP contribution in [0.15, 0.2) is 53.1 Å². The number of fused-ring (bicyclic) bond motifs is 2. The third-order valence-electron chi connectivity index (χ3n) is 2.72. The Morgan fingerprint density at radius 2 is 2.14 bits per heavy atom. The summed E-state index contributed by atoms with van der Waals surface area (Å²) in [5, 5.41) is 2.37. The molecule has 0 amide bonds. The quantitative estimate of drug-likeness (QED) is 0.573. The van der Waals surface area contributed by atoms with Gasteiger partial charge in [-0.1, -0.05) is 36.4 Å². The van der Waals surface area contributed by atoms with Gasteiger partial charge in [0.1, 0.15) is 0 Å². The van der Waals surface area contributed by atoms with Crippen molar-refractivity contribution in [2.24, 2.45) is 4.99 Å². The van der Waals surface area contributed by atoms with Gasteiger partial charge in [0.05, 0.1) is 11.4 Å². The molecule has 1 heterocycles. The largest absolute Gasteiger partial charge is 0.276 e. The van der Waals surface area contributed by atoms with Crippen molar-refractivity contribution in [1.29, 1.82) is 0 Å². The molecule has 2 aliphatic rings. The molecule has 0 fully saturated rings. The van der Waals surface area contributed by atoms with Gasteiger partial charge in [0.15, 0.2) is 0 Å². The molecule has 1 heteroatoms. The lowest BCUT2D eigenvalue weighted by molar-refractivity contribution is 0.766. The third-order valence-corrected chi connectivity index (χ3v) is 2.72. The van der Waals surface area contributed by atoms with Gasteiger partial charge in [-0.2, -0.15) is 0 Å². The Kier molecular flexibility index (Phi) is 1.63. The van der Waals surface area contributed by atoms with Crippen LogP contribution in [0.5, 0.6) is 0 Å². The maximum absolute atomic E-state index is 4.72. The van der Waals surface area contributed by atoms with Crippen LogP contribution in [0, 0.1) is 0 Å². The van der Waals surface area contributed by atoms with E-state index >= 15 is 0 Å². The molecule has 0 spiro atoms. The molecule has 1 nitrogen and oxygen atoms in total. The topological polar surface area (TPSA) is 12.4 Å². The summed E-state index contributed by atoms with van der Waals surface area (Å²) in [7, 11) is 0. The van der Waals surface area contributed by atoms with Crippen LogP contribution in [0.1, 0.15) is 6.42 Å². The van der Waals surface area contributed by atoms with Crippen molar-refractivity contribution in [3.8, 4) is 0 Å². The lowest BCUT2D eigenvalue weighted by Gasteiger charge is -2.17. The Hall–Kier alpha value is -1.63. The SMILES string of the molecule is C1=CCC2N=c3ccccc3=CC2=C1. The number of hydrogen-bond donors (Lipinski definition) is 0. The molecule has 0 N–H and O–H groups in total. The van der Waals surface area contributed by atoms with E-state index < -0.39 is 0 Å². The van der Waals surface area contributed by atoms with Crippen molar-refractivity contribution in [1.82, 2.24) is 0 Å². The van der Waals surface area contributed by atoms with E-state index in [1.165, 1.54) is 10.8 Å². The van der Waals surface area contributed by atoms with Crippen LogP contribution in [0.2, 0.25) is 0 Å². The van der Waals surface area contributed by atoms with E-state index in [1.807, 2.05) is 6.07 Å². The molecular weight excluding hydrogens is 170 g/mol. The summed E-state index contributed by atoms with van der Waals surface area (Å²) in [4.78, 5) is 4.72. The Morgan fingerprint density at radius 1 is 1.21 bits per heavy atom. The van der Waals surface area contributed by atoms with E-state index in [4.69, 9.17) is 4.99 Å². The first kappa shape index (κ1) is 7.74. The van der Waals surface area contributed by atoms with Crippen molar-refractivity contribution < 1.29 is 0 Å². The summed E-state index contributed by atoms with van der Waals surface area (Å²) >= 11 is 0. The summed E-state index contributed by atoms with van der Waals surface area (Å²) < 4.78 is 0.